The smallest absolute Gasteiger partial charge is 0.312 e. The van der Waals surface area contributed by atoms with Crippen LogP contribution < -0.4 is 15.4 Å². The molecule has 21 heavy (non-hydrogen) atoms. The third-order valence-corrected chi connectivity index (χ3v) is 3.39. The molecule has 7 heteroatoms. The molecule has 0 bridgehead atoms. The maximum absolute atomic E-state index is 12.1. The van der Waals surface area contributed by atoms with Gasteiger partial charge in [-0.2, -0.15) is 0 Å². The molecule has 110 valence electrons. The SMILES string of the molecule is CCOc1ccc(N2C[C@H](c3nnc(N)o3)CC2=O)cc1. The van der Waals surface area contributed by atoms with E-state index in [1.807, 2.05) is 31.2 Å². The van der Waals surface area contributed by atoms with Gasteiger partial charge < -0.3 is 19.8 Å². The largest absolute Gasteiger partial charge is 0.494 e. The summed E-state index contributed by atoms with van der Waals surface area (Å²) in [5.74, 6) is 1.11. The Morgan fingerprint density at radius 2 is 2.14 bits per heavy atom. The van der Waals surface area contributed by atoms with Crippen molar-refractivity contribution in [3.63, 3.8) is 0 Å². The second-order valence-electron chi connectivity index (χ2n) is 4.81. The first kappa shape index (κ1) is 13.4. The van der Waals surface area contributed by atoms with Crippen molar-refractivity contribution in [1.82, 2.24) is 10.2 Å². The minimum atomic E-state index is -0.117. The maximum Gasteiger partial charge on any atom is 0.312 e. The fourth-order valence-electron chi connectivity index (χ4n) is 2.42. The minimum Gasteiger partial charge on any atom is -0.494 e. The van der Waals surface area contributed by atoms with E-state index in [0.29, 0.717) is 25.5 Å². The molecule has 1 aromatic heterocycles. The van der Waals surface area contributed by atoms with Crippen molar-refractivity contribution < 1.29 is 13.9 Å². The molecule has 0 unspecified atom stereocenters. The summed E-state index contributed by atoms with van der Waals surface area (Å²) >= 11 is 0. The molecule has 1 atom stereocenters. The maximum atomic E-state index is 12.1. The Morgan fingerprint density at radius 1 is 1.38 bits per heavy atom. The number of anilines is 2. The Hall–Kier alpha value is -2.57. The number of aromatic nitrogens is 2. The van der Waals surface area contributed by atoms with Crippen molar-refractivity contribution >= 4 is 17.6 Å². The summed E-state index contributed by atoms with van der Waals surface area (Å²) in [6, 6.07) is 7.46. The number of amides is 1. The van der Waals surface area contributed by atoms with E-state index >= 15 is 0 Å². The van der Waals surface area contributed by atoms with E-state index in [1.54, 1.807) is 4.90 Å². The zero-order chi connectivity index (χ0) is 14.8. The van der Waals surface area contributed by atoms with Crippen LogP contribution in [0.25, 0.3) is 0 Å². The number of rotatable bonds is 4. The number of nitrogens with two attached hydrogens (primary N) is 1. The van der Waals surface area contributed by atoms with Gasteiger partial charge in [-0.3, -0.25) is 4.79 Å². The van der Waals surface area contributed by atoms with Gasteiger partial charge >= 0.3 is 6.01 Å². The number of carbonyl (C=O) groups excluding carboxylic acids is 1. The number of nitrogens with zero attached hydrogens (tertiary/aromatic N) is 3. The summed E-state index contributed by atoms with van der Waals surface area (Å²) in [5, 5.41) is 7.49. The molecule has 1 saturated heterocycles. The van der Waals surface area contributed by atoms with Crippen molar-refractivity contribution in [3.05, 3.63) is 30.2 Å². The second kappa shape index (κ2) is 5.43. The molecular weight excluding hydrogens is 272 g/mol. The van der Waals surface area contributed by atoms with Crippen LogP contribution in [0.5, 0.6) is 5.75 Å². The van der Waals surface area contributed by atoms with E-state index in [9.17, 15) is 4.79 Å². The minimum absolute atomic E-state index is 0.0250. The van der Waals surface area contributed by atoms with Crippen LogP contribution in [0.4, 0.5) is 11.7 Å². The number of benzene rings is 1. The summed E-state index contributed by atoms with van der Waals surface area (Å²) in [4.78, 5) is 13.9. The molecule has 1 aliphatic rings. The van der Waals surface area contributed by atoms with Gasteiger partial charge in [-0.15, -0.1) is 5.10 Å². The molecule has 2 heterocycles. The Morgan fingerprint density at radius 3 is 2.76 bits per heavy atom. The Bertz CT molecular complexity index is 638. The van der Waals surface area contributed by atoms with Crippen LogP contribution in [-0.2, 0) is 4.79 Å². The van der Waals surface area contributed by atoms with Gasteiger partial charge in [0, 0.05) is 18.7 Å². The first-order valence-corrected chi connectivity index (χ1v) is 6.79. The van der Waals surface area contributed by atoms with Gasteiger partial charge in [0.15, 0.2) is 0 Å². The molecule has 0 radical (unpaired) electrons. The second-order valence-corrected chi connectivity index (χ2v) is 4.81. The summed E-state index contributed by atoms with van der Waals surface area (Å²) in [7, 11) is 0. The van der Waals surface area contributed by atoms with E-state index in [1.165, 1.54) is 0 Å². The van der Waals surface area contributed by atoms with Gasteiger partial charge in [0.2, 0.25) is 11.8 Å². The average Bonchev–Trinajstić information content (AvgIpc) is 3.06. The summed E-state index contributed by atoms with van der Waals surface area (Å²) < 4.78 is 10.6. The molecule has 3 rings (SSSR count). The van der Waals surface area contributed by atoms with E-state index in [0.717, 1.165) is 11.4 Å². The van der Waals surface area contributed by atoms with Crippen molar-refractivity contribution in [2.24, 2.45) is 0 Å². The summed E-state index contributed by atoms with van der Waals surface area (Å²) in [6.45, 7) is 3.05. The molecule has 0 aliphatic carbocycles. The normalized spacial score (nSPS) is 18.2. The van der Waals surface area contributed by atoms with Crippen LogP contribution in [0.3, 0.4) is 0 Å². The Labute approximate surface area is 121 Å². The van der Waals surface area contributed by atoms with Gasteiger partial charge in [-0.05, 0) is 31.2 Å². The van der Waals surface area contributed by atoms with Crippen LogP contribution in [0.15, 0.2) is 28.7 Å². The Balaban J connectivity index is 1.75. The molecule has 1 fully saturated rings. The quantitative estimate of drug-likeness (QED) is 0.917. The van der Waals surface area contributed by atoms with E-state index in [2.05, 4.69) is 10.2 Å². The highest BCUT2D eigenvalue weighted by Gasteiger charge is 2.34. The predicted octanol–water partition coefficient (Wildman–Crippen LogP) is 1.57. The van der Waals surface area contributed by atoms with Crippen LogP contribution in [0.2, 0.25) is 0 Å². The number of hydrogen-bond donors (Lipinski definition) is 1. The summed E-state index contributed by atoms with van der Waals surface area (Å²) in [5.41, 5.74) is 6.25. The van der Waals surface area contributed by atoms with Gasteiger partial charge in [0.25, 0.3) is 0 Å². The molecule has 2 N–H and O–H groups in total. The molecule has 7 nitrogen and oxygen atoms in total. The van der Waals surface area contributed by atoms with E-state index < -0.39 is 0 Å². The zero-order valence-electron chi connectivity index (χ0n) is 11.7. The lowest BCUT2D eigenvalue weighted by Crippen LogP contribution is -2.24. The zero-order valence-corrected chi connectivity index (χ0v) is 11.7. The number of ether oxygens (including phenoxy) is 1. The van der Waals surface area contributed by atoms with E-state index in [4.69, 9.17) is 14.9 Å². The predicted molar refractivity (Wildman–Crippen MR) is 76.0 cm³/mol. The first-order chi connectivity index (χ1) is 10.2. The molecule has 1 aliphatic heterocycles. The lowest BCUT2D eigenvalue weighted by molar-refractivity contribution is -0.117. The van der Waals surface area contributed by atoms with Crippen LogP contribution in [0, 0.1) is 0 Å². The lowest BCUT2D eigenvalue weighted by atomic mass is 10.1. The fraction of sp³-hybridized carbons (Fsp3) is 0.357. The monoisotopic (exact) mass is 288 g/mol. The highest BCUT2D eigenvalue weighted by Crippen LogP contribution is 2.32. The molecule has 1 aromatic carbocycles. The first-order valence-electron chi connectivity index (χ1n) is 6.79. The number of nitrogen functional groups attached to an aromatic ring is 1. The van der Waals surface area contributed by atoms with Gasteiger partial charge in [-0.25, -0.2) is 0 Å². The third kappa shape index (κ3) is 2.67. The van der Waals surface area contributed by atoms with Gasteiger partial charge in [0.05, 0.1) is 12.5 Å². The van der Waals surface area contributed by atoms with Crippen LogP contribution >= 0.6 is 0 Å². The van der Waals surface area contributed by atoms with Crippen molar-refractivity contribution in [2.45, 2.75) is 19.3 Å². The molecule has 2 aromatic rings. The number of hydrogen-bond acceptors (Lipinski definition) is 6. The summed E-state index contributed by atoms with van der Waals surface area (Å²) in [6.07, 6.45) is 0.342. The standard InChI is InChI=1S/C14H16N4O3/c1-2-20-11-5-3-10(4-6-11)18-8-9(7-12(18)19)13-16-17-14(15)21-13/h3-6,9H,2,7-8H2,1H3,(H2,15,17)/t9-/m1/s1. The average molecular weight is 288 g/mol. The van der Waals surface area contributed by atoms with Crippen LogP contribution in [-0.4, -0.2) is 29.3 Å². The molecule has 1 amide bonds. The molecule has 0 spiro atoms. The van der Waals surface area contributed by atoms with Gasteiger partial charge in [-0.1, -0.05) is 5.10 Å². The molecular formula is C14H16N4O3. The van der Waals surface area contributed by atoms with Crippen molar-refractivity contribution in [3.8, 4) is 5.75 Å². The lowest BCUT2D eigenvalue weighted by Gasteiger charge is -2.16. The Kier molecular flexibility index (Phi) is 3.47. The third-order valence-electron chi connectivity index (χ3n) is 3.39. The highest BCUT2D eigenvalue weighted by atomic mass is 16.5. The topological polar surface area (TPSA) is 94.5 Å². The van der Waals surface area contributed by atoms with Crippen molar-refractivity contribution in [1.29, 1.82) is 0 Å². The number of carbonyl (C=O) groups is 1. The van der Waals surface area contributed by atoms with Crippen LogP contribution in [0.1, 0.15) is 25.2 Å². The van der Waals surface area contributed by atoms with Crippen molar-refractivity contribution in [2.75, 3.05) is 23.8 Å². The van der Waals surface area contributed by atoms with Gasteiger partial charge in [0.1, 0.15) is 5.75 Å². The fourth-order valence-corrected chi connectivity index (χ4v) is 2.42. The highest BCUT2D eigenvalue weighted by molar-refractivity contribution is 5.96. The molecule has 0 saturated carbocycles. The van der Waals surface area contributed by atoms with E-state index in [-0.39, 0.29) is 17.8 Å².